The van der Waals surface area contributed by atoms with E-state index in [4.69, 9.17) is 25.8 Å². The summed E-state index contributed by atoms with van der Waals surface area (Å²) in [5, 5.41) is 0.441. The van der Waals surface area contributed by atoms with Crippen LogP contribution >= 0.6 is 11.6 Å². The number of allylic oxidation sites excluding steroid dienone is 1. The SMILES string of the molecule is CCOc1ccccc1/C=C1\Oc2c(ccc(OC(=O)c3cccc(Cl)c3)c2C)C1=O. The van der Waals surface area contributed by atoms with Crippen molar-refractivity contribution in [1.29, 1.82) is 0 Å². The minimum Gasteiger partial charge on any atom is -0.493 e. The summed E-state index contributed by atoms with van der Waals surface area (Å²) in [6, 6.07) is 17.1. The molecule has 6 heteroatoms. The first-order chi connectivity index (χ1) is 15.0. The van der Waals surface area contributed by atoms with Crippen LogP contribution in [0, 0.1) is 6.92 Å². The van der Waals surface area contributed by atoms with Gasteiger partial charge in [-0.3, -0.25) is 4.79 Å². The predicted molar refractivity (Wildman–Crippen MR) is 118 cm³/mol. The molecule has 0 saturated heterocycles. The van der Waals surface area contributed by atoms with Gasteiger partial charge in [-0.05, 0) is 56.3 Å². The molecule has 4 rings (SSSR count). The average molecular weight is 435 g/mol. The Morgan fingerprint density at radius 3 is 2.65 bits per heavy atom. The van der Waals surface area contributed by atoms with Crippen LogP contribution in [-0.2, 0) is 0 Å². The van der Waals surface area contributed by atoms with Crippen LogP contribution < -0.4 is 14.2 Å². The predicted octanol–water partition coefficient (Wildman–Crippen LogP) is 5.88. The maximum Gasteiger partial charge on any atom is 0.343 e. The fourth-order valence-corrected chi connectivity index (χ4v) is 3.47. The summed E-state index contributed by atoms with van der Waals surface area (Å²) in [7, 11) is 0. The molecule has 0 saturated carbocycles. The Balaban J connectivity index is 1.62. The molecular weight excluding hydrogens is 416 g/mol. The maximum absolute atomic E-state index is 12.9. The minimum atomic E-state index is -0.545. The van der Waals surface area contributed by atoms with Crippen LogP contribution in [0.3, 0.4) is 0 Å². The van der Waals surface area contributed by atoms with E-state index in [1.54, 1.807) is 43.3 Å². The topological polar surface area (TPSA) is 61.8 Å². The zero-order valence-corrected chi connectivity index (χ0v) is 17.7. The lowest BCUT2D eigenvalue weighted by atomic mass is 10.1. The largest absolute Gasteiger partial charge is 0.493 e. The number of fused-ring (bicyclic) bond motifs is 1. The standard InChI is InChI=1S/C25H19ClO5/c1-3-29-21-10-5-4-7-16(21)14-22-23(27)19-11-12-20(15(2)24(19)30-22)31-25(28)17-8-6-9-18(26)13-17/h4-14H,3H2,1-2H3/b22-14-. The Bertz CT molecular complexity index is 1210. The van der Waals surface area contributed by atoms with Crippen LogP contribution in [0.1, 0.15) is 38.8 Å². The molecule has 0 aliphatic carbocycles. The molecule has 5 nitrogen and oxygen atoms in total. The molecule has 3 aromatic rings. The normalized spacial score (nSPS) is 13.6. The van der Waals surface area contributed by atoms with Crippen LogP contribution in [-0.4, -0.2) is 18.4 Å². The van der Waals surface area contributed by atoms with Crippen LogP contribution in [0.2, 0.25) is 5.02 Å². The molecule has 0 aromatic heterocycles. The third-order valence-corrected chi connectivity index (χ3v) is 5.04. The fourth-order valence-electron chi connectivity index (χ4n) is 3.28. The quantitative estimate of drug-likeness (QED) is 0.285. The van der Waals surface area contributed by atoms with Gasteiger partial charge in [-0.25, -0.2) is 4.79 Å². The van der Waals surface area contributed by atoms with Crippen molar-refractivity contribution in [3.8, 4) is 17.2 Å². The van der Waals surface area contributed by atoms with E-state index in [0.29, 0.717) is 45.6 Å². The summed E-state index contributed by atoms with van der Waals surface area (Å²) in [4.78, 5) is 25.3. The third-order valence-electron chi connectivity index (χ3n) is 4.81. The maximum atomic E-state index is 12.9. The van der Waals surface area contributed by atoms with Gasteiger partial charge in [0, 0.05) is 16.1 Å². The molecule has 0 spiro atoms. The third kappa shape index (κ3) is 4.18. The van der Waals surface area contributed by atoms with E-state index in [2.05, 4.69) is 0 Å². The number of rotatable bonds is 5. The number of Topliss-reactive ketones (excluding diaryl/α,β-unsaturated/α-hetero) is 1. The molecule has 1 aliphatic heterocycles. The first kappa shape index (κ1) is 20.7. The van der Waals surface area contributed by atoms with Gasteiger partial charge in [0.25, 0.3) is 0 Å². The molecule has 1 aliphatic rings. The van der Waals surface area contributed by atoms with Crippen LogP contribution in [0.15, 0.2) is 66.4 Å². The van der Waals surface area contributed by atoms with E-state index in [0.717, 1.165) is 5.56 Å². The van der Waals surface area contributed by atoms with Crippen molar-refractivity contribution in [1.82, 2.24) is 0 Å². The molecule has 156 valence electrons. The molecule has 0 fully saturated rings. The number of ether oxygens (including phenoxy) is 3. The lowest BCUT2D eigenvalue weighted by Gasteiger charge is -2.10. The minimum absolute atomic E-state index is 0.184. The molecule has 0 atom stereocenters. The Morgan fingerprint density at radius 1 is 1.06 bits per heavy atom. The number of carbonyl (C=O) groups excluding carboxylic acids is 2. The lowest BCUT2D eigenvalue weighted by molar-refractivity contribution is 0.0733. The van der Waals surface area contributed by atoms with E-state index in [9.17, 15) is 9.59 Å². The number of carbonyl (C=O) groups is 2. The number of esters is 1. The Kier molecular flexibility index (Phi) is 5.78. The molecule has 0 amide bonds. The van der Waals surface area contributed by atoms with Gasteiger partial charge >= 0.3 is 5.97 Å². The van der Waals surface area contributed by atoms with Gasteiger partial charge in [-0.2, -0.15) is 0 Å². The first-order valence-corrected chi connectivity index (χ1v) is 10.1. The summed E-state index contributed by atoms with van der Waals surface area (Å²) in [6.07, 6.45) is 1.66. The van der Waals surface area contributed by atoms with Crippen molar-refractivity contribution in [2.45, 2.75) is 13.8 Å². The zero-order chi connectivity index (χ0) is 22.0. The molecule has 0 unspecified atom stereocenters. The molecular formula is C25H19ClO5. The number of ketones is 1. The van der Waals surface area contributed by atoms with E-state index in [1.165, 1.54) is 6.07 Å². The second kappa shape index (κ2) is 8.66. The summed E-state index contributed by atoms with van der Waals surface area (Å²) in [6.45, 7) is 4.14. The summed E-state index contributed by atoms with van der Waals surface area (Å²) in [5.41, 5.74) is 2.05. The van der Waals surface area contributed by atoms with E-state index < -0.39 is 5.97 Å². The highest BCUT2D eigenvalue weighted by Crippen LogP contribution is 2.40. The lowest BCUT2D eigenvalue weighted by Crippen LogP contribution is -2.09. The first-order valence-electron chi connectivity index (χ1n) is 9.75. The number of hydrogen-bond donors (Lipinski definition) is 0. The Morgan fingerprint density at radius 2 is 1.87 bits per heavy atom. The molecule has 3 aromatic carbocycles. The second-order valence-electron chi connectivity index (χ2n) is 6.88. The van der Waals surface area contributed by atoms with Gasteiger partial charge in [-0.15, -0.1) is 0 Å². The molecule has 0 bridgehead atoms. The van der Waals surface area contributed by atoms with Crippen LogP contribution in [0.4, 0.5) is 0 Å². The van der Waals surface area contributed by atoms with Gasteiger partial charge in [0.15, 0.2) is 5.76 Å². The highest BCUT2D eigenvalue weighted by atomic mass is 35.5. The number of halogens is 1. The number of para-hydroxylation sites is 1. The van der Waals surface area contributed by atoms with Gasteiger partial charge in [0.1, 0.15) is 17.2 Å². The van der Waals surface area contributed by atoms with Crippen LogP contribution in [0.25, 0.3) is 6.08 Å². The van der Waals surface area contributed by atoms with E-state index >= 15 is 0 Å². The van der Waals surface area contributed by atoms with Crippen LogP contribution in [0.5, 0.6) is 17.2 Å². The Labute approximate surface area is 184 Å². The average Bonchev–Trinajstić information content (AvgIpc) is 3.08. The summed E-state index contributed by atoms with van der Waals surface area (Å²) < 4.78 is 17.0. The highest BCUT2D eigenvalue weighted by Gasteiger charge is 2.31. The van der Waals surface area contributed by atoms with Crippen molar-refractivity contribution in [2.75, 3.05) is 6.61 Å². The van der Waals surface area contributed by atoms with E-state index in [-0.39, 0.29) is 11.5 Å². The fraction of sp³-hybridized carbons (Fsp3) is 0.120. The van der Waals surface area contributed by atoms with E-state index in [1.807, 2.05) is 31.2 Å². The van der Waals surface area contributed by atoms with Crippen molar-refractivity contribution < 1.29 is 23.8 Å². The van der Waals surface area contributed by atoms with Crippen molar-refractivity contribution in [2.24, 2.45) is 0 Å². The second-order valence-corrected chi connectivity index (χ2v) is 7.31. The number of benzene rings is 3. The van der Waals surface area contributed by atoms with Crippen molar-refractivity contribution >= 4 is 29.4 Å². The molecule has 31 heavy (non-hydrogen) atoms. The highest BCUT2D eigenvalue weighted by molar-refractivity contribution is 6.30. The molecule has 1 heterocycles. The molecule has 0 N–H and O–H groups in total. The Hall–Kier alpha value is -3.57. The monoisotopic (exact) mass is 434 g/mol. The van der Waals surface area contributed by atoms with Crippen molar-refractivity contribution in [3.05, 3.63) is 93.7 Å². The van der Waals surface area contributed by atoms with Gasteiger partial charge < -0.3 is 14.2 Å². The van der Waals surface area contributed by atoms with Crippen molar-refractivity contribution in [3.63, 3.8) is 0 Å². The summed E-state index contributed by atoms with van der Waals surface area (Å²) >= 11 is 5.95. The van der Waals surface area contributed by atoms with Gasteiger partial charge in [0.2, 0.25) is 5.78 Å². The zero-order valence-electron chi connectivity index (χ0n) is 17.0. The summed E-state index contributed by atoms with van der Waals surface area (Å²) in [5.74, 6) is 0.753. The van der Waals surface area contributed by atoms with Gasteiger partial charge in [0.05, 0.1) is 17.7 Å². The smallest absolute Gasteiger partial charge is 0.343 e. The van der Waals surface area contributed by atoms with Gasteiger partial charge in [-0.1, -0.05) is 35.9 Å². The molecule has 0 radical (unpaired) electrons. The number of hydrogen-bond acceptors (Lipinski definition) is 5.